The van der Waals surface area contributed by atoms with E-state index in [9.17, 15) is 14.4 Å². The third-order valence-corrected chi connectivity index (χ3v) is 0.929. The lowest BCUT2D eigenvalue weighted by molar-refractivity contribution is -0.130. The molecule has 0 aromatic heterocycles. The zero-order valence-corrected chi connectivity index (χ0v) is 6.40. The SMILES string of the molecule is CC(=O)C(=NCC(N)=O)C(=O)O. The second kappa shape index (κ2) is 4.22. The average Bonchev–Trinajstić information content (AvgIpc) is 1.84. The van der Waals surface area contributed by atoms with Crippen molar-refractivity contribution >= 4 is 23.4 Å². The van der Waals surface area contributed by atoms with Crippen LogP contribution in [0.15, 0.2) is 4.99 Å². The van der Waals surface area contributed by atoms with Crippen molar-refractivity contribution in [3.05, 3.63) is 0 Å². The molecular formula is C6H8N2O4. The van der Waals surface area contributed by atoms with Crippen LogP contribution in [0.4, 0.5) is 0 Å². The molecule has 0 saturated carbocycles. The molecular weight excluding hydrogens is 164 g/mol. The summed E-state index contributed by atoms with van der Waals surface area (Å²) in [5, 5.41) is 8.35. The topological polar surface area (TPSA) is 110 Å². The number of aliphatic carboxylic acids is 1. The number of carboxylic acids is 1. The third kappa shape index (κ3) is 3.45. The van der Waals surface area contributed by atoms with E-state index < -0.39 is 29.9 Å². The maximum Gasteiger partial charge on any atom is 0.357 e. The van der Waals surface area contributed by atoms with Gasteiger partial charge >= 0.3 is 5.97 Å². The van der Waals surface area contributed by atoms with Crippen molar-refractivity contribution < 1.29 is 19.5 Å². The fourth-order valence-electron chi connectivity index (χ4n) is 0.487. The standard InChI is InChI=1S/C6H8N2O4/c1-3(9)5(6(11)12)8-2-4(7)10/h2H2,1H3,(H2,7,10)(H,11,12). The van der Waals surface area contributed by atoms with E-state index in [4.69, 9.17) is 10.8 Å². The molecule has 0 radical (unpaired) electrons. The van der Waals surface area contributed by atoms with Crippen LogP contribution in [0.5, 0.6) is 0 Å². The van der Waals surface area contributed by atoms with Crippen LogP contribution < -0.4 is 5.73 Å². The minimum atomic E-state index is -1.45. The Morgan fingerprint density at radius 1 is 1.42 bits per heavy atom. The zero-order chi connectivity index (χ0) is 9.72. The predicted octanol–water partition coefficient (Wildman–Crippen LogP) is -1.41. The summed E-state index contributed by atoms with van der Waals surface area (Å²) in [4.78, 5) is 34.2. The molecule has 6 nitrogen and oxygen atoms in total. The van der Waals surface area contributed by atoms with Crippen LogP contribution >= 0.6 is 0 Å². The number of ketones is 1. The molecule has 0 aliphatic heterocycles. The Balaban J connectivity index is 4.51. The van der Waals surface area contributed by atoms with Crippen LogP contribution in [0.2, 0.25) is 0 Å². The normalized spacial score (nSPS) is 10.9. The van der Waals surface area contributed by atoms with Gasteiger partial charge in [0.25, 0.3) is 0 Å². The first-order valence-electron chi connectivity index (χ1n) is 3.02. The summed E-state index contributed by atoms with van der Waals surface area (Å²) in [6.07, 6.45) is 0. The molecule has 6 heteroatoms. The fourth-order valence-corrected chi connectivity index (χ4v) is 0.487. The van der Waals surface area contributed by atoms with Gasteiger partial charge in [-0.15, -0.1) is 0 Å². The van der Waals surface area contributed by atoms with Crippen LogP contribution in [-0.2, 0) is 14.4 Å². The van der Waals surface area contributed by atoms with E-state index in [0.29, 0.717) is 0 Å². The summed E-state index contributed by atoms with van der Waals surface area (Å²) in [6.45, 7) is 0.565. The number of rotatable bonds is 4. The monoisotopic (exact) mass is 172 g/mol. The lowest BCUT2D eigenvalue weighted by Gasteiger charge is -1.93. The lowest BCUT2D eigenvalue weighted by Crippen LogP contribution is -2.24. The van der Waals surface area contributed by atoms with E-state index in [0.717, 1.165) is 6.92 Å². The first kappa shape index (κ1) is 10.3. The number of amides is 1. The molecule has 0 rings (SSSR count). The highest BCUT2D eigenvalue weighted by molar-refractivity contribution is 6.63. The van der Waals surface area contributed by atoms with Crippen molar-refractivity contribution in [3.63, 3.8) is 0 Å². The Labute approximate surface area is 68.1 Å². The van der Waals surface area contributed by atoms with Crippen molar-refractivity contribution in [3.8, 4) is 0 Å². The first-order chi connectivity index (χ1) is 5.45. The smallest absolute Gasteiger partial charge is 0.357 e. The number of carboxylic acid groups (broad SMARTS) is 1. The van der Waals surface area contributed by atoms with Gasteiger partial charge in [0.2, 0.25) is 5.91 Å². The van der Waals surface area contributed by atoms with Gasteiger partial charge in [0.05, 0.1) is 0 Å². The molecule has 66 valence electrons. The van der Waals surface area contributed by atoms with Gasteiger partial charge in [-0.1, -0.05) is 0 Å². The van der Waals surface area contributed by atoms with Gasteiger partial charge in [-0.2, -0.15) is 0 Å². The Morgan fingerprint density at radius 3 is 2.17 bits per heavy atom. The van der Waals surface area contributed by atoms with E-state index in [-0.39, 0.29) is 0 Å². The van der Waals surface area contributed by atoms with Crippen molar-refractivity contribution in [2.24, 2.45) is 10.7 Å². The third-order valence-electron chi connectivity index (χ3n) is 0.929. The number of aliphatic imine (C=N–C) groups is 1. The van der Waals surface area contributed by atoms with Crippen molar-refractivity contribution in [1.29, 1.82) is 0 Å². The second-order valence-electron chi connectivity index (χ2n) is 1.99. The Hall–Kier alpha value is -1.72. The molecule has 0 aliphatic rings. The van der Waals surface area contributed by atoms with Crippen molar-refractivity contribution in [2.45, 2.75) is 6.92 Å². The molecule has 1 amide bonds. The maximum absolute atomic E-state index is 10.5. The molecule has 0 aliphatic carbocycles. The molecule has 0 aromatic rings. The van der Waals surface area contributed by atoms with Gasteiger partial charge in [0.15, 0.2) is 11.5 Å². The van der Waals surface area contributed by atoms with E-state index >= 15 is 0 Å². The van der Waals surface area contributed by atoms with Crippen LogP contribution in [0, 0.1) is 0 Å². The minimum absolute atomic E-state index is 0.485. The van der Waals surface area contributed by atoms with Gasteiger partial charge in [0, 0.05) is 6.92 Å². The summed E-state index contributed by atoms with van der Waals surface area (Å²) < 4.78 is 0. The largest absolute Gasteiger partial charge is 0.476 e. The van der Waals surface area contributed by atoms with Gasteiger partial charge in [-0.25, -0.2) is 4.79 Å². The first-order valence-corrected chi connectivity index (χ1v) is 3.02. The molecule has 0 aromatic carbocycles. The Bertz CT molecular complexity index is 240. The van der Waals surface area contributed by atoms with Gasteiger partial charge in [-0.3, -0.25) is 14.6 Å². The molecule has 0 saturated heterocycles. The van der Waals surface area contributed by atoms with Gasteiger partial charge < -0.3 is 10.8 Å². The molecule has 0 heterocycles. The molecule has 3 N–H and O–H groups in total. The highest BCUT2D eigenvalue weighted by atomic mass is 16.4. The number of hydrogen-bond acceptors (Lipinski definition) is 4. The van der Waals surface area contributed by atoms with Crippen molar-refractivity contribution in [2.75, 3.05) is 6.54 Å². The van der Waals surface area contributed by atoms with E-state index in [1.807, 2.05) is 0 Å². The summed E-state index contributed by atoms with van der Waals surface area (Å²) in [6, 6.07) is 0. The number of Topliss-reactive ketones (excluding diaryl/α,β-unsaturated/α-hetero) is 1. The number of nitrogens with two attached hydrogens (primary N) is 1. The molecule has 0 atom stereocenters. The number of hydrogen-bond donors (Lipinski definition) is 2. The summed E-state index contributed by atoms with van der Waals surface area (Å²) in [7, 11) is 0. The van der Waals surface area contributed by atoms with E-state index in [1.165, 1.54) is 0 Å². The molecule has 0 unspecified atom stereocenters. The molecule has 12 heavy (non-hydrogen) atoms. The second-order valence-corrected chi connectivity index (χ2v) is 1.99. The predicted molar refractivity (Wildman–Crippen MR) is 39.8 cm³/mol. The summed E-state index contributed by atoms with van der Waals surface area (Å²) in [5.41, 5.74) is 4.03. The van der Waals surface area contributed by atoms with Crippen LogP contribution in [0.25, 0.3) is 0 Å². The average molecular weight is 172 g/mol. The number of carbonyl (C=O) groups excluding carboxylic acids is 2. The number of nitrogens with zero attached hydrogens (tertiary/aromatic N) is 1. The molecule has 0 fully saturated rings. The maximum atomic E-state index is 10.5. The molecule has 0 bridgehead atoms. The Kier molecular flexibility index (Phi) is 3.61. The summed E-state index contributed by atoms with van der Waals surface area (Å²) in [5.74, 6) is -2.94. The highest BCUT2D eigenvalue weighted by Crippen LogP contribution is 1.82. The zero-order valence-electron chi connectivity index (χ0n) is 6.40. The minimum Gasteiger partial charge on any atom is -0.476 e. The van der Waals surface area contributed by atoms with Crippen LogP contribution in [0.3, 0.4) is 0 Å². The lowest BCUT2D eigenvalue weighted by atomic mass is 10.3. The number of primary amides is 1. The quantitative estimate of drug-likeness (QED) is 0.400. The molecule has 0 spiro atoms. The van der Waals surface area contributed by atoms with Crippen molar-refractivity contribution in [1.82, 2.24) is 0 Å². The van der Waals surface area contributed by atoms with E-state index in [2.05, 4.69) is 4.99 Å². The fraction of sp³-hybridized carbons (Fsp3) is 0.333. The highest BCUT2D eigenvalue weighted by Gasteiger charge is 2.14. The van der Waals surface area contributed by atoms with Crippen LogP contribution in [-0.4, -0.2) is 35.0 Å². The summed E-state index contributed by atoms with van der Waals surface area (Å²) >= 11 is 0. The van der Waals surface area contributed by atoms with Crippen LogP contribution in [0.1, 0.15) is 6.92 Å². The van der Waals surface area contributed by atoms with E-state index in [1.54, 1.807) is 0 Å². The Morgan fingerprint density at radius 2 is 1.92 bits per heavy atom. The van der Waals surface area contributed by atoms with Gasteiger partial charge in [-0.05, 0) is 0 Å². The van der Waals surface area contributed by atoms with Gasteiger partial charge in [0.1, 0.15) is 6.54 Å². The number of carbonyl (C=O) groups is 3.